The monoisotopic (exact) mass is 340 g/mol. The van der Waals surface area contributed by atoms with E-state index in [9.17, 15) is 18.0 Å². The van der Waals surface area contributed by atoms with Crippen molar-refractivity contribution in [3.8, 4) is 0 Å². The van der Waals surface area contributed by atoms with Crippen LogP contribution in [-0.4, -0.2) is 38.0 Å². The maximum atomic E-state index is 12.2. The van der Waals surface area contributed by atoms with Crippen molar-refractivity contribution in [1.82, 2.24) is 10.0 Å². The van der Waals surface area contributed by atoms with E-state index in [2.05, 4.69) is 10.0 Å². The van der Waals surface area contributed by atoms with Crippen LogP contribution in [-0.2, 0) is 14.8 Å². The lowest BCUT2D eigenvalue weighted by Gasteiger charge is -2.12. The molecule has 0 bridgehead atoms. The Bertz CT molecular complexity index is 725. The van der Waals surface area contributed by atoms with Crippen molar-refractivity contribution < 1.29 is 23.1 Å². The van der Waals surface area contributed by atoms with Gasteiger partial charge in [-0.3, -0.25) is 9.59 Å². The number of hydrogen-bond acceptors (Lipinski definition) is 4. The summed E-state index contributed by atoms with van der Waals surface area (Å²) in [6, 6.07) is 4.32. The fraction of sp³-hybridized carbons (Fsp3) is 0.467. The van der Waals surface area contributed by atoms with E-state index in [1.807, 2.05) is 0 Å². The number of carboxylic acid groups (broad SMARTS) is 1. The maximum Gasteiger partial charge on any atom is 0.308 e. The molecule has 1 aromatic rings. The molecular formula is C15H20N2O5S. The van der Waals surface area contributed by atoms with Crippen molar-refractivity contribution in [2.24, 2.45) is 5.92 Å². The number of aryl methyl sites for hydroxylation is 1. The summed E-state index contributed by atoms with van der Waals surface area (Å²) in [4.78, 5) is 23.0. The second-order valence-corrected chi connectivity index (χ2v) is 7.54. The van der Waals surface area contributed by atoms with Crippen molar-refractivity contribution >= 4 is 21.9 Å². The molecule has 8 heteroatoms. The second kappa shape index (κ2) is 6.67. The van der Waals surface area contributed by atoms with Crippen LogP contribution in [0.3, 0.4) is 0 Å². The molecule has 0 aromatic heterocycles. The Morgan fingerprint density at radius 1 is 1.35 bits per heavy atom. The number of hydrogen-bond donors (Lipinski definition) is 3. The molecule has 2 rings (SSSR count). The average Bonchev–Trinajstić information content (AvgIpc) is 3.27. The normalized spacial score (nSPS) is 15.9. The van der Waals surface area contributed by atoms with Gasteiger partial charge in [-0.2, -0.15) is 0 Å². The zero-order valence-electron chi connectivity index (χ0n) is 13.0. The molecule has 1 aromatic carbocycles. The number of amides is 1. The van der Waals surface area contributed by atoms with Crippen molar-refractivity contribution in [2.75, 3.05) is 6.54 Å². The van der Waals surface area contributed by atoms with E-state index in [1.54, 1.807) is 13.0 Å². The third kappa shape index (κ3) is 4.52. The first kappa shape index (κ1) is 17.4. The van der Waals surface area contributed by atoms with Crippen molar-refractivity contribution in [3.63, 3.8) is 0 Å². The molecule has 0 saturated heterocycles. The first-order valence-corrected chi connectivity index (χ1v) is 8.83. The minimum atomic E-state index is -3.64. The lowest BCUT2D eigenvalue weighted by molar-refractivity contribution is -0.140. The van der Waals surface area contributed by atoms with Crippen LogP contribution in [0.1, 0.15) is 35.7 Å². The topological polar surface area (TPSA) is 113 Å². The lowest BCUT2D eigenvalue weighted by atomic mass is 10.1. The molecule has 1 aliphatic rings. The molecule has 1 unspecified atom stereocenters. The highest BCUT2D eigenvalue weighted by atomic mass is 32.2. The number of rotatable bonds is 7. The Morgan fingerprint density at radius 3 is 2.57 bits per heavy atom. The van der Waals surface area contributed by atoms with Crippen molar-refractivity contribution in [1.29, 1.82) is 0 Å². The van der Waals surface area contributed by atoms with Gasteiger partial charge in [0.2, 0.25) is 10.0 Å². The molecule has 0 radical (unpaired) electrons. The van der Waals surface area contributed by atoms with E-state index in [4.69, 9.17) is 5.11 Å². The van der Waals surface area contributed by atoms with Crippen LogP contribution < -0.4 is 10.0 Å². The van der Waals surface area contributed by atoms with Gasteiger partial charge < -0.3 is 10.4 Å². The predicted molar refractivity (Wildman–Crippen MR) is 83.7 cm³/mol. The Kier molecular flexibility index (Phi) is 5.06. The molecule has 7 nitrogen and oxygen atoms in total. The predicted octanol–water partition coefficient (Wildman–Crippen LogP) is 0.886. The zero-order chi connectivity index (χ0) is 17.2. The molecule has 0 aliphatic heterocycles. The standard InChI is InChI=1S/C15H20N2O5S/c1-9-3-6-12(23(21,22)17-11-4-5-11)7-13(9)14(18)16-8-10(2)15(19)20/h3,6-7,10-11,17H,4-5,8H2,1-2H3,(H,16,18)(H,19,20). The van der Waals surface area contributed by atoms with E-state index in [0.29, 0.717) is 5.56 Å². The summed E-state index contributed by atoms with van der Waals surface area (Å²) in [7, 11) is -3.64. The van der Waals surface area contributed by atoms with Gasteiger partial charge in [0.15, 0.2) is 0 Å². The Morgan fingerprint density at radius 2 is 2.00 bits per heavy atom. The van der Waals surface area contributed by atoms with Crippen LogP contribution in [0.15, 0.2) is 23.1 Å². The summed E-state index contributed by atoms with van der Waals surface area (Å²) in [5.74, 6) is -2.21. The molecule has 0 spiro atoms. The number of nitrogens with one attached hydrogen (secondary N) is 2. The van der Waals surface area contributed by atoms with E-state index < -0.39 is 27.8 Å². The van der Waals surface area contributed by atoms with Gasteiger partial charge in [-0.05, 0) is 37.5 Å². The van der Waals surface area contributed by atoms with Gasteiger partial charge in [-0.25, -0.2) is 13.1 Å². The van der Waals surface area contributed by atoms with E-state index in [0.717, 1.165) is 12.8 Å². The summed E-state index contributed by atoms with van der Waals surface area (Å²) in [5.41, 5.74) is 0.845. The largest absolute Gasteiger partial charge is 0.481 e. The van der Waals surface area contributed by atoms with Gasteiger partial charge in [0, 0.05) is 18.2 Å². The molecular weight excluding hydrogens is 320 g/mol. The Labute approximate surface area is 135 Å². The van der Waals surface area contributed by atoms with E-state index >= 15 is 0 Å². The van der Waals surface area contributed by atoms with Crippen LogP contribution in [0.2, 0.25) is 0 Å². The summed E-state index contributed by atoms with van der Waals surface area (Å²) in [6.45, 7) is 3.15. The van der Waals surface area contributed by atoms with Crippen LogP contribution in [0, 0.1) is 12.8 Å². The Hall–Kier alpha value is -1.93. The smallest absolute Gasteiger partial charge is 0.308 e. The number of aliphatic carboxylic acids is 1. The minimum absolute atomic E-state index is 0.0185. The van der Waals surface area contributed by atoms with E-state index in [1.165, 1.54) is 19.1 Å². The van der Waals surface area contributed by atoms with Gasteiger partial charge in [0.05, 0.1) is 10.8 Å². The number of sulfonamides is 1. The van der Waals surface area contributed by atoms with E-state index in [-0.39, 0.29) is 23.0 Å². The first-order valence-electron chi connectivity index (χ1n) is 7.34. The highest BCUT2D eigenvalue weighted by molar-refractivity contribution is 7.89. The third-order valence-electron chi connectivity index (χ3n) is 3.65. The average molecular weight is 340 g/mol. The van der Waals surface area contributed by atoms with Gasteiger partial charge in [0.25, 0.3) is 5.91 Å². The second-order valence-electron chi connectivity index (χ2n) is 5.82. The summed E-state index contributed by atoms with van der Waals surface area (Å²) in [5, 5.41) is 11.3. The molecule has 3 N–H and O–H groups in total. The number of carbonyl (C=O) groups is 2. The number of carbonyl (C=O) groups excluding carboxylic acids is 1. The molecule has 1 amide bonds. The maximum absolute atomic E-state index is 12.2. The molecule has 1 aliphatic carbocycles. The van der Waals surface area contributed by atoms with Gasteiger partial charge >= 0.3 is 5.97 Å². The van der Waals surface area contributed by atoms with Crippen LogP contribution in [0.25, 0.3) is 0 Å². The number of benzene rings is 1. The molecule has 23 heavy (non-hydrogen) atoms. The lowest BCUT2D eigenvalue weighted by Crippen LogP contribution is -2.32. The van der Waals surface area contributed by atoms with Crippen LogP contribution in [0.4, 0.5) is 0 Å². The highest BCUT2D eigenvalue weighted by Gasteiger charge is 2.28. The SMILES string of the molecule is Cc1ccc(S(=O)(=O)NC2CC2)cc1C(=O)NCC(C)C(=O)O. The minimum Gasteiger partial charge on any atom is -0.481 e. The molecule has 1 atom stereocenters. The quantitative estimate of drug-likeness (QED) is 0.682. The van der Waals surface area contributed by atoms with Crippen molar-refractivity contribution in [2.45, 2.75) is 37.6 Å². The first-order chi connectivity index (χ1) is 10.7. The molecule has 126 valence electrons. The van der Waals surface area contributed by atoms with Crippen molar-refractivity contribution in [3.05, 3.63) is 29.3 Å². The summed E-state index contributed by atoms with van der Waals surface area (Å²) >= 11 is 0. The number of carboxylic acids is 1. The fourth-order valence-electron chi connectivity index (χ4n) is 1.93. The van der Waals surface area contributed by atoms with Gasteiger partial charge in [-0.1, -0.05) is 13.0 Å². The molecule has 1 fully saturated rings. The van der Waals surface area contributed by atoms with Gasteiger partial charge in [-0.15, -0.1) is 0 Å². The summed E-state index contributed by atoms with van der Waals surface area (Å²) < 4.78 is 27.0. The Balaban J connectivity index is 2.16. The molecule has 1 saturated carbocycles. The third-order valence-corrected chi connectivity index (χ3v) is 5.17. The summed E-state index contributed by atoms with van der Waals surface area (Å²) in [6.07, 6.45) is 1.65. The highest BCUT2D eigenvalue weighted by Crippen LogP contribution is 2.23. The molecule has 0 heterocycles. The zero-order valence-corrected chi connectivity index (χ0v) is 13.8. The van der Waals surface area contributed by atoms with Crippen LogP contribution in [0.5, 0.6) is 0 Å². The fourth-order valence-corrected chi connectivity index (χ4v) is 3.26. The van der Waals surface area contributed by atoms with Crippen LogP contribution >= 0.6 is 0 Å². The van der Waals surface area contributed by atoms with Gasteiger partial charge in [0.1, 0.15) is 0 Å².